The summed E-state index contributed by atoms with van der Waals surface area (Å²) in [6.45, 7) is 3.33. The van der Waals surface area contributed by atoms with E-state index in [1.54, 1.807) is 19.9 Å². The van der Waals surface area contributed by atoms with E-state index in [-0.39, 0.29) is 11.4 Å². The van der Waals surface area contributed by atoms with Gasteiger partial charge >= 0.3 is 6.09 Å². The van der Waals surface area contributed by atoms with Gasteiger partial charge < -0.3 is 16.2 Å². The van der Waals surface area contributed by atoms with Crippen molar-refractivity contribution < 1.29 is 14.5 Å². The van der Waals surface area contributed by atoms with Gasteiger partial charge in [0.1, 0.15) is 11.3 Å². The Kier molecular flexibility index (Phi) is 3.75. The summed E-state index contributed by atoms with van der Waals surface area (Å²) in [4.78, 5) is 20.9. The SMILES string of the molecule is CC(C)(Cc1ccc(N)c([N+](=O)[O-])c1)OC(N)=O. The van der Waals surface area contributed by atoms with Gasteiger partial charge in [-0.15, -0.1) is 0 Å². The monoisotopic (exact) mass is 253 g/mol. The third kappa shape index (κ3) is 3.62. The summed E-state index contributed by atoms with van der Waals surface area (Å²) in [5.41, 5.74) is 10.2. The summed E-state index contributed by atoms with van der Waals surface area (Å²) in [6, 6.07) is 4.46. The molecule has 1 aromatic rings. The fourth-order valence-electron chi connectivity index (χ4n) is 1.66. The maximum absolute atomic E-state index is 10.7. The fraction of sp³-hybridized carbons (Fsp3) is 0.364. The van der Waals surface area contributed by atoms with E-state index in [9.17, 15) is 14.9 Å². The topological polar surface area (TPSA) is 121 Å². The van der Waals surface area contributed by atoms with E-state index in [1.807, 2.05) is 0 Å². The molecule has 0 aromatic heterocycles. The van der Waals surface area contributed by atoms with Crippen LogP contribution in [0.5, 0.6) is 0 Å². The van der Waals surface area contributed by atoms with E-state index in [0.717, 1.165) is 0 Å². The highest BCUT2D eigenvalue weighted by molar-refractivity contribution is 5.65. The Hall–Kier alpha value is -2.31. The van der Waals surface area contributed by atoms with Gasteiger partial charge in [0.05, 0.1) is 4.92 Å². The predicted molar refractivity (Wildman–Crippen MR) is 66.0 cm³/mol. The lowest BCUT2D eigenvalue weighted by Crippen LogP contribution is -2.33. The highest BCUT2D eigenvalue weighted by atomic mass is 16.6. The molecular weight excluding hydrogens is 238 g/mol. The first-order valence-corrected chi connectivity index (χ1v) is 5.22. The molecule has 0 heterocycles. The number of nitrogens with two attached hydrogens (primary N) is 2. The van der Waals surface area contributed by atoms with Crippen LogP contribution in [0, 0.1) is 10.1 Å². The summed E-state index contributed by atoms with van der Waals surface area (Å²) in [6.07, 6.45) is -0.582. The summed E-state index contributed by atoms with van der Waals surface area (Å²) >= 11 is 0. The van der Waals surface area contributed by atoms with Crippen molar-refractivity contribution in [3.8, 4) is 0 Å². The molecule has 0 aliphatic heterocycles. The molecule has 4 N–H and O–H groups in total. The Labute approximate surface area is 104 Å². The number of carbonyl (C=O) groups excluding carboxylic acids is 1. The molecular formula is C11H15N3O4. The van der Waals surface area contributed by atoms with Gasteiger partial charge in [0.15, 0.2) is 0 Å². The first-order chi connectivity index (χ1) is 8.21. The molecule has 0 bridgehead atoms. The largest absolute Gasteiger partial charge is 0.443 e. The number of anilines is 1. The Balaban J connectivity index is 2.95. The minimum atomic E-state index is -0.884. The zero-order chi connectivity index (χ0) is 13.9. The smallest absolute Gasteiger partial charge is 0.405 e. The van der Waals surface area contributed by atoms with Crippen LogP contribution in [0.2, 0.25) is 0 Å². The number of amides is 1. The normalized spacial score (nSPS) is 11.0. The minimum Gasteiger partial charge on any atom is -0.443 e. The summed E-state index contributed by atoms with van der Waals surface area (Å²) < 4.78 is 4.91. The lowest BCUT2D eigenvalue weighted by atomic mass is 9.97. The van der Waals surface area contributed by atoms with Crippen molar-refractivity contribution >= 4 is 17.5 Å². The Bertz CT molecular complexity index is 485. The Morgan fingerprint density at radius 3 is 2.61 bits per heavy atom. The number of nitro groups is 1. The molecule has 1 rings (SSSR count). The number of benzene rings is 1. The quantitative estimate of drug-likeness (QED) is 0.479. The molecule has 0 aliphatic rings. The number of rotatable bonds is 4. The maximum atomic E-state index is 10.7. The highest BCUT2D eigenvalue weighted by Crippen LogP contribution is 2.25. The van der Waals surface area contributed by atoms with E-state index in [0.29, 0.717) is 12.0 Å². The van der Waals surface area contributed by atoms with Gasteiger partial charge in [-0.1, -0.05) is 6.07 Å². The van der Waals surface area contributed by atoms with Gasteiger partial charge in [0, 0.05) is 12.5 Å². The molecule has 0 atom stereocenters. The molecule has 0 saturated heterocycles. The molecule has 18 heavy (non-hydrogen) atoms. The zero-order valence-corrected chi connectivity index (χ0v) is 10.2. The number of nitro benzene ring substituents is 1. The molecule has 0 unspecified atom stereocenters. The molecule has 7 nitrogen and oxygen atoms in total. The van der Waals surface area contributed by atoms with Crippen molar-refractivity contribution in [1.82, 2.24) is 0 Å². The van der Waals surface area contributed by atoms with Crippen molar-refractivity contribution in [2.45, 2.75) is 25.9 Å². The van der Waals surface area contributed by atoms with Crippen LogP contribution in [0.1, 0.15) is 19.4 Å². The lowest BCUT2D eigenvalue weighted by Gasteiger charge is -2.23. The summed E-state index contributed by atoms with van der Waals surface area (Å²) in [7, 11) is 0. The van der Waals surface area contributed by atoms with E-state index < -0.39 is 16.6 Å². The standard InChI is InChI=1S/C11H15N3O4/c1-11(2,18-10(13)15)6-7-3-4-8(12)9(5-7)14(16)17/h3-5H,6,12H2,1-2H3,(H2,13,15). The predicted octanol–water partition coefficient (Wildman–Crippen LogP) is 1.59. The Morgan fingerprint density at radius 1 is 1.50 bits per heavy atom. The molecule has 0 saturated carbocycles. The average molecular weight is 253 g/mol. The summed E-state index contributed by atoms with van der Waals surface area (Å²) in [5.74, 6) is 0. The van der Waals surface area contributed by atoms with Crippen LogP contribution in [0.3, 0.4) is 0 Å². The number of primary amides is 1. The number of nitrogens with zero attached hydrogens (tertiary/aromatic N) is 1. The minimum absolute atomic E-state index is 0.0948. The molecule has 0 radical (unpaired) electrons. The summed E-state index contributed by atoms with van der Waals surface area (Å²) in [5, 5.41) is 10.7. The zero-order valence-electron chi connectivity index (χ0n) is 10.2. The number of nitrogen functional groups attached to an aromatic ring is 1. The van der Waals surface area contributed by atoms with Crippen LogP contribution in [0.15, 0.2) is 18.2 Å². The number of hydrogen-bond donors (Lipinski definition) is 2. The number of ether oxygens (including phenoxy) is 1. The van der Waals surface area contributed by atoms with Gasteiger partial charge in [-0.25, -0.2) is 4.79 Å². The maximum Gasteiger partial charge on any atom is 0.405 e. The van der Waals surface area contributed by atoms with E-state index in [1.165, 1.54) is 12.1 Å². The second kappa shape index (κ2) is 4.91. The van der Waals surface area contributed by atoms with Crippen LogP contribution in [-0.2, 0) is 11.2 Å². The lowest BCUT2D eigenvalue weighted by molar-refractivity contribution is -0.384. The first kappa shape index (κ1) is 13.8. The Morgan fingerprint density at radius 2 is 2.11 bits per heavy atom. The van der Waals surface area contributed by atoms with E-state index in [4.69, 9.17) is 16.2 Å². The van der Waals surface area contributed by atoms with E-state index in [2.05, 4.69) is 0 Å². The van der Waals surface area contributed by atoms with Crippen LogP contribution in [-0.4, -0.2) is 16.6 Å². The first-order valence-electron chi connectivity index (χ1n) is 5.22. The van der Waals surface area contributed by atoms with Crippen molar-refractivity contribution in [3.05, 3.63) is 33.9 Å². The van der Waals surface area contributed by atoms with Crippen LogP contribution in [0.4, 0.5) is 16.2 Å². The molecule has 7 heteroatoms. The van der Waals surface area contributed by atoms with Gasteiger partial charge in [0.2, 0.25) is 0 Å². The van der Waals surface area contributed by atoms with Gasteiger partial charge in [-0.05, 0) is 25.5 Å². The number of carbonyl (C=O) groups is 1. The van der Waals surface area contributed by atoms with Crippen molar-refractivity contribution in [1.29, 1.82) is 0 Å². The van der Waals surface area contributed by atoms with Crippen molar-refractivity contribution in [2.75, 3.05) is 5.73 Å². The van der Waals surface area contributed by atoms with Crippen molar-refractivity contribution in [3.63, 3.8) is 0 Å². The van der Waals surface area contributed by atoms with Crippen LogP contribution < -0.4 is 11.5 Å². The molecule has 0 spiro atoms. The molecule has 98 valence electrons. The van der Waals surface area contributed by atoms with Crippen LogP contribution in [0.25, 0.3) is 0 Å². The van der Waals surface area contributed by atoms with Gasteiger partial charge in [-0.3, -0.25) is 10.1 Å². The third-order valence-electron chi connectivity index (χ3n) is 2.30. The second-order valence-corrected chi connectivity index (χ2v) is 4.51. The second-order valence-electron chi connectivity index (χ2n) is 4.51. The molecule has 1 amide bonds. The van der Waals surface area contributed by atoms with Gasteiger partial charge in [0.25, 0.3) is 5.69 Å². The molecule has 0 aliphatic carbocycles. The highest BCUT2D eigenvalue weighted by Gasteiger charge is 2.23. The van der Waals surface area contributed by atoms with Crippen molar-refractivity contribution in [2.24, 2.45) is 5.73 Å². The average Bonchev–Trinajstić information content (AvgIpc) is 2.18. The van der Waals surface area contributed by atoms with Gasteiger partial charge in [-0.2, -0.15) is 0 Å². The molecule has 0 fully saturated rings. The fourth-order valence-corrected chi connectivity index (χ4v) is 1.66. The molecule has 1 aromatic carbocycles. The van der Waals surface area contributed by atoms with Crippen LogP contribution >= 0.6 is 0 Å². The third-order valence-corrected chi connectivity index (χ3v) is 2.30. The number of hydrogen-bond acceptors (Lipinski definition) is 5. The van der Waals surface area contributed by atoms with E-state index >= 15 is 0 Å².